The van der Waals surface area contributed by atoms with Crippen LogP contribution in [0.15, 0.2) is 11.8 Å². The summed E-state index contributed by atoms with van der Waals surface area (Å²) in [6, 6.07) is 0. The molecule has 0 aromatic rings. The van der Waals surface area contributed by atoms with Gasteiger partial charge < -0.3 is 14.6 Å². The summed E-state index contributed by atoms with van der Waals surface area (Å²) >= 11 is 0. The van der Waals surface area contributed by atoms with E-state index in [1.54, 1.807) is 0 Å². The van der Waals surface area contributed by atoms with Crippen molar-refractivity contribution in [2.75, 3.05) is 13.7 Å². The van der Waals surface area contributed by atoms with E-state index < -0.39 is 17.7 Å². The summed E-state index contributed by atoms with van der Waals surface area (Å²) in [5, 5.41) is 8.87. The number of aliphatic hydroxyl groups is 1. The van der Waals surface area contributed by atoms with Crippen LogP contribution in [-0.2, 0) is 19.1 Å². The van der Waals surface area contributed by atoms with Crippen molar-refractivity contribution in [3.63, 3.8) is 0 Å². The molecule has 5 heteroatoms. The number of ether oxygens (including phenoxy) is 2. The van der Waals surface area contributed by atoms with Gasteiger partial charge in [-0.25, -0.2) is 9.59 Å². The maximum Gasteiger partial charge on any atom is 0.373 e. The number of esters is 2. The topological polar surface area (TPSA) is 72.8 Å². The first-order valence-electron chi connectivity index (χ1n) is 3.77. The Hall–Kier alpha value is -1.52. The summed E-state index contributed by atoms with van der Waals surface area (Å²) in [4.78, 5) is 21.3. The highest BCUT2D eigenvalue weighted by Crippen LogP contribution is 1.93. The highest BCUT2D eigenvalue weighted by Gasteiger charge is 2.09. The Morgan fingerprint density at radius 1 is 1.46 bits per heavy atom. The van der Waals surface area contributed by atoms with E-state index in [2.05, 4.69) is 9.47 Å². The predicted octanol–water partition coefficient (Wildman–Crippen LogP) is 0.554. The Morgan fingerprint density at radius 3 is 2.54 bits per heavy atom. The Labute approximate surface area is 75.9 Å². The second kappa shape index (κ2) is 6.05. The molecule has 13 heavy (non-hydrogen) atoms. The fourth-order valence-corrected chi connectivity index (χ4v) is 0.519. The van der Waals surface area contributed by atoms with E-state index in [1.165, 1.54) is 0 Å². The van der Waals surface area contributed by atoms with Crippen molar-refractivity contribution in [1.82, 2.24) is 0 Å². The van der Waals surface area contributed by atoms with E-state index in [4.69, 9.17) is 5.11 Å². The summed E-state index contributed by atoms with van der Waals surface area (Å²) in [6.07, 6.45) is 1.36. The molecule has 0 heterocycles. The number of hydrogen-bond acceptors (Lipinski definition) is 5. The summed E-state index contributed by atoms with van der Waals surface area (Å²) in [7, 11) is 1.10. The molecule has 0 aliphatic rings. The molecule has 74 valence electrons. The Morgan fingerprint density at radius 2 is 2.08 bits per heavy atom. The van der Waals surface area contributed by atoms with Crippen molar-refractivity contribution in [1.29, 1.82) is 0 Å². The number of carbonyl (C=O) groups excluding carboxylic acids is 2. The van der Waals surface area contributed by atoms with Gasteiger partial charge in [-0.2, -0.15) is 0 Å². The molecule has 0 amide bonds. The summed E-state index contributed by atoms with van der Waals surface area (Å²) < 4.78 is 8.73. The van der Waals surface area contributed by atoms with Gasteiger partial charge in [0, 0.05) is 0 Å². The van der Waals surface area contributed by atoms with Gasteiger partial charge in [0.25, 0.3) is 0 Å². The van der Waals surface area contributed by atoms with E-state index in [9.17, 15) is 9.59 Å². The quantitative estimate of drug-likeness (QED) is 0.396. The molecule has 0 saturated carbocycles. The van der Waals surface area contributed by atoms with E-state index in [1.807, 2.05) is 6.92 Å². The van der Waals surface area contributed by atoms with E-state index in [-0.39, 0.29) is 6.61 Å². The van der Waals surface area contributed by atoms with Crippen molar-refractivity contribution in [3.05, 3.63) is 11.8 Å². The normalized spacial score (nSPS) is 10.8. The molecule has 0 rings (SSSR count). The Bertz CT molecular complexity index is 219. The van der Waals surface area contributed by atoms with Gasteiger partial charge in [0.2, 0.25) is 5.76 Å². The van der Waals surface area contributed by atoms with Crippen molar-refractivity contribution in [2.45, 2.75) is 13.3 Å². The first kappa shape index (κ1) is 11.5. The lowest BCUT2D eigenvalue weighted by molar-refractivity contribution is -0.142. The van der Waals surface area contributed by atoms with Crippen LogP contribution in [0.1, 0.15) is 13.3 Å². The fraction of sp³-hybridized carbons (Fsp3) is 0.500. The van der Waals surface area contributed by atoms with Crippen molar-refractivity contribution in [3.8, 4) is 0 Å². The number of hydrogen-bond donors (Lipinski definition) is 1. The van der Waals surface area contributed by atoms with Crippen molar-refractivity contribution < 1.29 is 24.2 Å². The van der Waals surface area contributed by atoms with Crippen LogP contribution < -0.4 is 0 Å². The Kier molecular flexibility index (Phi) is 5.34. The molecule has 5 nitrogen and oxygen atoms in total. The number of methoxy groups -OCH3 is 1. The van der Waals surface area contributed by atoms with E-state index >= 15 is 0 Å². The van der Waals surface area contributed by atoms with Crippen LogP contribution in [-0.4, -0.2) is 30.8 Å². The maximum atomic E-state index is 10.8. The summed E-state index contributed by atoms with van der Waals surface area (Å²) in [5.74, 6) is -2.48. The molecule has 0 radical (unpaired) electrons. The monoisotopic (exact) mass is 188 g/mol. The predicted molar refractivity (Wildman–Crippen MR) is 44.0 cm³/mol. The molecule has 0 fully saturated rings. The zero-order chi connectivity index (χ0) is 10.3. The van der Waals surface area contributed by atoms with Crippen LogP contribution in [0.4, 0.5) is 0 Å². The zero-order valence-corrected chi connectivity index (χ0v) is 7.57. The van der Waals surface area contributed by atoms with Gasteiger partial charge in [0.1, 0.15) is 0 Å². The van der Waals surface area contributed by atoms with Crippen LogP contribution in [0, 0.1) is 0 Å². The molecule has 0 spiro atoms. The molecular formula is C8H12O5. The molecule has 0 aromatic heterocycles. The molecule has 0 bridgehead atoms. The fourth-order valence-electron chi connectivity index (χ4n) is 0.519. The van der Waals surface area contributed by atoms with Crippen LogP contribution in [0.25, 0.3) is 0 Å². The third-order valence-electron chi connectivity index (χ3n) is 1.10. The summed E-state index contributed by atoms with van der Waals surface area (Å²) in [5.41, 5.74) is 0. The van der Waals surface area contributed by atoms with Gasteiger partial charge >= 0.3 is 11.9 Å². The van der Waals surface area contributed by atoms with Gasteiger partial charge in [-0.05, 0) is 6.42 Å². The average molecular weight is 188 g/mol. The molecule has 0 aliphatic heterocycles. The van der Waals surface area contributed by atoms with Crippen LogP contribution in [0.5, 0.6) is 0 Å². The van der Waals surface area contributed by atoms with Gasteiger partial charge in [-0.1, -0.05) is 6.92 Å². The maximum absolute atomic E-state index is 10.8. The third kappa shape index (κ3) is 4.84. The minimum atomic E-state index is -0.964. The molecule has 0 saturated heterocycles. The van der Waals surface area contributed by atoms with Crippen LogP contribution in [0.2, 0.25) is 0 Å². The molecule has 0 atom stereocenters. The highest BCUT2D eigenvalue weighted by atomic mass is 16.5. The lowest BCUT2D eigenvalue weighted by atomic mass is 10.4. The number of aliphatic hydroxyl groups excluding tert-OH is 1. The lowest BCUT2D eigenvalue weighted by Gasteiger charge is -1.99. The third-order valence-corrected chi connectivity index (χ3v) is 1.10. The smallest absolute Gasteiger partial charge is 0.373 e. The molecule has 0 aliphatic carbocycles. The Balaban J connectivity index is 4.06. The van der Waals surface area contributed by atoms with Crippen molar-refractivity contribution in [2.24, 2.45) is 0 Å². The second-order valence-electron chi connectivity index (χ2n) is 2.19. The average Bonchev–Trinajstić information content (AvgIpc) is 2.13. The molecule has 1 N–H and O–H groups in total. The zero-order valence-electron chi connectivity index (χ0n) is 7.57. The minimum Gasteiger partial charge on any atom is -0.502 e. The van der Waals surface area contributed by atoms with Gasteiger partial charge in [0.15, 0.2) is 0 Å². The van der Waals surface area contributed by atoms with Crippen LogP contribution in [0.3, 0.4) is 0 Å². The molecule has 0 unspecified atom stereocenters. The van der Waals surface area contributed by atoms with E-state index in [0.717, 1.165) is 7.11 Å². The largest absolute Gasteiger partial charge is 0.502 e. The number of rotatable bonds is 4. The first-order valence-corrected chi connectivity index (χ1v) is 3.77. The highest BCUT2D eigenvalue weighted by molar-refractivity contribution is 5.94. The lowest BCUT2D eigenvalue weighted by Crippen LogP contribution is -2.09. The van der Waals surface area contributed by atoms with Gasteiger partial charge in [-0.15, -0.1) is 0 Å². The molecular weight excluding hydrogens is 176 g/mol. The van der Waals surface area contributed by atoms with Gasteiger partial charge in [-0.3, -0.25) is 0 Å². The first-order chi connectivity index (χ1) is 6.11. The van der Waals surface area contributed by atoms with E-state index in [0.29, 0.717) is 12.5 Å². The van der Waals surface area contributed by atoms with Crippen molar-refractivity contribution >= 4 is 11.9 Å². The minimum absolute atomic E-state index is 0.254. The molecule has 0 aromatic carbocycles. The van der Waals surface area contributed by atoms with Gasteiger partial charge in [0.05, 0.1) is 19.8 Å². The standard InChI is InChI=1S/C8H12O5/c1-3-4-13-7(10)5-6(9)8(11)12-2/h5,9H,3-4H2,1-2H3. The van der Waals surface area contributed by atoms with Crippen LogP contribution >= 0.6 is 0 Å². The number of carbonyl (C=O) groups is 2. The SMILES string of the molecule is CCCOC(=O)C=C(O)C(=O)OC. The second-order valence-corrected chi connectivity index (χ2v) is 2.19. The summed E-state index contributed by atoms with van der Waals surface area (Å²) in [6.45, 7) is 2.08.